The van der Waals surface area contributed by atoms with Gasteiger partial charge in [-0.05, 0) is 18.6 Å². The Labute approximate surface area is 92.9 Å². The maximum Gasteiger partial charge on any atom is 0.254 e. The lowest BCUT2D eigenvalue weighted by Gasteiger charge is -2.10. The molecule has 1 unspecified atom stereocenters. The van der Waals surface area contributed by atoms with Gasteiger partial charge < -0.3 is 15.2 Å². The van der Waals surface area contributed by atoms with Crippen LogP contribution in [-0.4, -0.2) is 20.6 Å². The molecule has 1 saturated heterocycles. The summed E-state index contributed by atoms with van der Waals surface area (Å²) in [5, 5.41) is 5.86. The Morgan fingerprint density at radius 1 is 1.67 bits per heavy atom. The molecule has 0 aliphatic carbocycles. The Morgan fingerprint density at radius 2 is 2.47 bits per heavy atom. The number of imidazole rings is 1. The molecule has 1 aliphatic rings. The lowest BCUT2D eigenvalue weighted by Crippen LogP contribution is -2.22. The molecule has 6 heteroatoms. The number of nitrogens with one attached hydrogen (secondary N) is 2. The van der Waals surface area contributed by atoms with Crippen molar-refractivity contribution in [3.63, 3.8) is 0 Å². The van der Waals surface area contributed by atoms with Gasteiger partial charge in [-0.3, -0.25) is 4.79 Å². The van der Waals surface area contributed by atoms with Gasteiger partial charge in [0, 0.05) is 6.54 Å². The Bertz CT molecular complexity index is 401. The molecule has 1 aromatic rings. The smallest absolute Gasteiger partial charge is 0.254 e. The molecule has 0 spiro atoms. The van der Waals surface area contributed by atoms with E-state index in [2.05, 4.69) is 22.5 Å². The maximum atomic E-state index is 11.5. The van der Waals surface area contributed by atoms with Crippen LogP contribution in [0.5, 0.6) is 0 Å². The first-order valence-electron chi connectivity index (χ1n) is 4.83. The van der Waals surface area contributed by atoms with E-state index >= 15 is 0 Å². The molecule has 1 aromatic heterocycles. The fraction of sp³-hybridized carbons (Fsp3) is 0.444. The van der Waals surface area contributed by atoms with Crippen LogP contribution in [0.1, 0.15) is 25.1 Å². The predicted octanol–water partition coefficient (Wildman–Crippen LogP) is 0.338. The highest BCUT2D eigenvalue weighted by molar-refractivity contribution is 7.80. The molecule has 80 valence electrons. The van der Waals surface area contributed by atoms with Crippen molar-refractivity contribution in [3.8, 4) is 0 Å². The van der Waals surface area contributed by atoms with E-state index in [-0.39, 0.29) is 5.91 Å². The molecule has 0 bridgehead atoms. The third-order valence-corrected chi connectivity index (χ3v) is 2.50. The SMILES string of the molecule is CCCn1cncc1C1NC(=S)NC1=O. The maximum absolute atomic E-state index is 11.5. The quantitative estimate of drug-likeness (QED) is 0.727. The number of carbonyl (C=O) groups is 1. The first kappa shape index (κ1) is 10.1. The minimum Gasteiger partial charge on any atom is -0.346 e. The highest BCUT2D eigenvalue weighted by atomic mass is 32.1. The van der Waals surface area contributed by atoms with Crippen molar-refractivity contribution in [2.75, 3.05) is 0 Å². The Morgan fingerprint density at radius 3 is 3.07 bits per heavy atom. The average Bonchev–Trinajstić information content (AvgIpc) is 2.73. The van der Waals surface area contributed by atoms with E-state index in [0.717, 1.165) is 18.7 Å². The number of carbonyl (C=O) groups excluding carboxylic acids is 1. The fourth-order valence-electron chi connectivity index (χ4n) is 1.62. The molecule has 15 heavy (non-hydrogen) atoms. The molecule has 1 amide bonds. The summed E-state index contributed by atoms with van der Waals surface area (Å²) >= 11 is 4.88. The fourth-order valence-corrected chi connectivity index (χ4v) is 1.84. The van der Waals surface area contributed by atoms with Crippen molar-refractivity contribution in [3.05, 3.63) is 18.2 Å². The first-order chi connectivity index (χ1) is 7.22. The van der Waals surface area contributed by atoms with Gasteiger partial charge in [0.2, 0.25) is 0 Å². The van der Waals surface area contributed by atoms with Crippen LogP contribution >= 0.6 is 12.2 Å². The number of aromatic nitrogens is 2. The number of rotatable bonds is 3. The molecule has 0 radical (unpaired) electrons. The van der Waals surface area contributed by atoms with Crippen molar-refractivity contribution in [2.45, 2.75) is 25.9 Å². The van der Waals surface area contributed by atoms with Crippen LogP contribution in [0.25, 0.3) is 0 Å². The van der Waals surface area contributed by atoms with Crippen LogP contribution in [-0.2, 0) is 11.3 Å². The van der Waals surface area contributed by atoms with Gasteiger partial charge in [0.05, 0.1) is 18.2 Å². The van der Waals surface area contributed by atoms with Crippen molar-refractivity contribution < 1.29 is 4.79 Å². The third kappa shape index (κ3) is 1.85. The predicted molar refractivity (Wildman–Crippen MR) is 59.1 cm³/mol. The second kappa shape index (κ2) is 3.98. The van der Waals surface area contributed by atoms with Crippen molar-refractivity contribution in [2.24, 2.45) is 0 Å². The largest absolute Gasteiger partial charge is 0.346 e. The molecule has 1 atom stereocenters. The second-order valence-corrected chi connectivity index (χ2v) is 3.82. The van der Waals surface area contributed by atoms with E-state index in [1.54, 1.807) is 12.5 Å². The summed E-state index contributed by atoms with van der Waals surface area (Å²) in [4.78, 5) is 15.6. The van der Waals surface area contributed by atoms with Gasteiger partial charge in [-0.15, -0.1) is 0 Å². The summed E-state index contributed by atoms with van der Waals surface area (Å²) in [5.74, 6) is -0.113. The lowest BCUT2D eigenvalue weighted by atomic mass is 10.2. The number of thiocarbonyl (C=S) groups is 1. The van der Waals surface area contributed by atoms with Crippen molar-refractivity contribution >= 4 is 23.2 Å². The Balaban J connectivity index is 2.25. The van der Waals surface area contributed by atoms with Crippen LogP contribution < -0.4 is 10.6 Å². The first-order valence-corrected chi connectivity index (χ1v) is 5.24. The molecule has 2 rings (SSSR count). The number of hydrogen-bond donors (Lipinski definition) is 2. The Hall–Kier alpha value is -1.43. The molecular weight excluding hydrogens is 212 g/mol. The van der Waals surface area contributed by atoms with Gasteiger partial charge in [0.1, 0.15) is 6.04 Å². The highest BCUT2D eigenvalue weighted by Crippen LogP contribution is 2.16. The molecule has 0 aromatic carbocycles. The van der Waals surface area contributed by atoms with E-state index in [1.807, 2.05) is 4.57 Å². The van der Waals surface area contributed by atoms with E-state index < -0.39 is 6.04 Å². The minimum absolute atomic E-state index is 0.113. The van der Waals surface area contributed by atoms with Crippen LogP contribution in [0.4, 0.5) is 0 Å². The van der Waals surface area contributed by atoms with Crippen LogP contribution in [0, 0.1) is 0 Å². The summed E-state index contributed by atoms with van der Waals surface area (Å²) in [6, 6.07) is -0.397. The zero-order valence-electron chi connectivity index (χ0n) is 8.36. The standard InChI is InChI=1S/C9H12N4OS/c1-2-3-13-5-10-4-6(13)7-8(14)12-9(15)11-7/h4-5,7H,2-3H2,1H3,(H2,11,12,14,15). The zero-order valence-corrected chi connectivity index (χ0v) is 9.17. The number of aryl methyl sites for hydroxylation is 1. The zero-order chi connectivity index (χ0) is 10.8. The van der Waals surface area contributed by atoms with Gasteiger partial charge >= 0.3 is 0 Å². The molecule has 2 N–H and O–H groups in total. The topological polar surface area (TPSA) is 59.0 Å². The lowest BCUT2D eigenvalue weighted by molar-refractivity contribution is -0.120. The summed E-state index contributed by atoms with van der Waals surface area (Å²) < 4.78 is 1.96. The third-order valence-electron chi connectivity index (χ3n) is 2.28. The van der Waals surface area contributed by atoms with E-state index in [4.69, 9.17) is 12.2 Å². The monoisotopic (exact) mass is 224 g/mol. The van der Waals surface area contributed by atoms with Crippen molar-refractivity contribution in [1.82, 2.24) is 20.2 Å². The molecule has 1 fully saturated rings. The van der Waals surface area contributed by atoms with Crippen LogP contribution in [0.15, 0.2) is 12.5 Å². The van der Waals surface area contributed by atoms with E-state index in [1.165, 1.54) is 0 Å². The summed E-state index contributed by atoms with van der Waals surface area (Å²) in [6.07, 6.45) is 4.43. The number of amides is 1. The Kier molecular flexibility index (Phi) is 2.68. The molecule has 0 saturated carbocycles. The highest BCUT2D eigenvalue weighted by Gasteiger charge is 2.30. The summed E-state index contributed by atoms with van der Waals surface area (Å²) in [6.45, 7) is 2.93. The molecular formula is C9H12N4OS. The van der Waals surface area contributed by atoms with Gasteiger partial charge in [0.25, 0.3) is 5.91 Å². The number of nitrogens with zero attached hydrogens (tertiary/aromatic N) is 2. The molecule has 2 heterocycles. The second-order valence-electron chi connectivity index (χ2n) is 3.41. The van der Waals surface area contributed by atoms with Gasteiger partial charge in [-0.2, -0.15) is 0 Å². The van der Waals surface area contributed by atoms with Gasteiger partial charge in [0.15, 0.2) is 5.11 Å². The summed E-state index contributed by atoms with van der Waals surface area (Å²) in [7, 11) is 0. The number of hydrogen-bond acceptors (Lipinski definition) is 3. The van der Waals surface area contributed by atoms with E-state index in [0.29, 0.717) is 5.11 Å². The van der Waals surface area contributed by atoms with Gasteiger partial charge in [-0.25, -0.2) is 4.98 Å². The average molecular weight is 224 g/mol. The minimum atomic E-state index is -0.397. The molecule has 1 aliphatic heterocycles. The normalized spacial score (nSPS) is 20.2. The van der Waals surface area contributed by atoms with Crippen LogP contribution in [0.3, 0.4) is 0 Å². The van der Waals surface area contributed by atoms with Crippen LogP contribution in [0.2, 0.25) is 0 Å². The molecule has 5 nitrogen and oxygen atoms in total. The summed E-state index contributed by atoms with van der Waals surface area (Å²) in [5.41, 5.74) is 0.856. The van der Waals surface area contributed by atoms with E-state index in [9.17, 15) is 4.79 Å². The van der Waals surface area contributed by atoms with Gasteiger partial charge in [-0.1, -0.05) is 6.92 Å². The van der Waals surface area contributed by atoms with Crippen molar-refractivity contribution in [1.29, 1.82) is 0 Å².